The van der Waals surface area contributed by atoms with Crippen LogP contribution in [0.3, 0.4) is 0 Å². The quantitative estimate of drug-likeness (QED) is 0.292. The highest BCUT2D eigenvalue weighted by molar-refractivity contribution is 8.18. The largest absolute Gasteiger partial charge is 0.494 e. The lowest BCUT2D eigenvalue weighted by molar-refractivity contribution is -0.113. The lowest BCUT2D eigenvalue weighted by Gasteiger charge is -2.35. The Morgan fingerprint density at radius 3 is 2.51 bits per heavy atom. The molecule has 1 fully saturated rings. The van der Waals surface area contributed by atoms with E-state index in [1.54, 1.807) is 0 Å². The number of nitrogens with zero attached hydrogens (tertiary/aromatic N) is 4. The van der Waals surface area contributed by atoms with E-state index in [1.165, 1.54) is 11.8 Å². The number of hydrogen-bond acceptors (Lipinski definition) is 6. The van der Waals surface area contributed by atoms with Gasteiger partial charge in [0.05, 0.1) is 35.1 Å². The number of benzene rings is 2. The van der Waals surface area contributed by atoms with Gasteiger partial charge in [-0.2, -0.15) is 10.1 Å². The van der Waals surface area contributed by atoms with Crippen molar-refractivity contribution in [3.63, 3.8) is 0 Å². The third kappa shape index (κ3) is 5.97. The average Bonchev–Trinajstić information content (AvgIpc) is 3.48. The van der Waals surface area contributed by atoms with Crippen LogP contribution in [-0.2, 0) is 9.53 Å². The van der Waals surface area contributed by atoms with Crippen LogP contribution in [0.25, 0.3) is 23.0 Å². The van der Waals surface area contributed by atoms with Crippen molar-refractivity contribution in [2.45, 2.75) is 45.8 Å². The third-order valence-electron chi connectivity index (χ3n) is 6.24. The smallest absolute Gasteiger partial charge is 0.286 e. The van der Waals surface area contributed by atoms with E-state index in [0.29, 0.717) is 11.5 Å². The Morgan fingerprint density at radius 1 is 1.08 bits per heavy atom. The summed E-state index contributed by atoms with van der Waals surface area (Å²) >= 11 is 1.42. The monoisotopic (exact) mass is 516 g/mol. The molecule has 0 bridgehead atoms. The predicted molar refractivity (Wildman–Crippen MR) is 149 cm³/mol. The van der Waals surface area contributed by atoms with Crippen LogP contribution in [0, 0.1) is 0 Å². The topological polar surface area (TPSA) is 68.9 Å². The molecule has 1 saturated heterocycles. The minimum absolute atomic E-state index is 0.0970. The molecule has 0 radical (unpaired) electrons. The average molecular weight is 517 g/mol. The molecule has 2 atom stereocenters. The Morgan fingerprint density at radius 2 is 1.81 bits per heavy atom. The van der Waals surface area contributed by atoms with Gasteiger partial charge in [-0.15, -0.1) is 0 Å². The number of morpholine rings is 1. The number of hydrogen-bond donors (Lipinski definition) is 0. The molecule has 0 aliphatic carbocycles. The number of thioether (sulfide) groups is 1. The van der Waals surface area contributed by atoms with E-state index >= 15 is 0 Å². The zero-order valence-electron chi connectivity index (χ0n) is 21.5. The first-order valence-electron chi connectivity index (χ1n) is 12.8. The molecule has 7 nitrogen and oxygen atoms in total. The molecule has 3 heterocycles. The van der Waals surface area contributed by atoms with Gasteiger partial charge < -0.3 is 14.4 Å². The van der Waals surface area contributed by atoms with Gasteiger partial charge in [-0.25, -0.2) is 4.68 Å². The Hall–Kier alpha value is -3.36. The number of amides is 1. The number of aliphatic imine (C=N–C) groups is 1. The summed E-state index contributed by atoms with van der Waals surface area (Å²) in [4.78, 5) is 20.0. The molecule has 2 aliphatic rings. The molecule has 192 valence electrons. The molecule has 0 unspecified atom stereocenters. The maximum absolute atomic E-state index is 12.9. The number of rotatable bonds is 7. The van der Waals surface area contributed by atoms with Gasteiger partial charge >= 0.3 is 0 Å². The summed E-state index contributed by atoms with van der Waals surface area (Å²) in [5, 5.41) is 5.64. The molecule has 5 rings (SSSR count). The van der Waals surface area contributed by atoms with Crippen LogP contribution >= 0.6 is 11.8 Å². The van der Waals surface area contributed by atoms with Crippen molar-refractivity contribution in [2.75, 3.05) is 19.7 Å². The summed E-state index contributed by atoms with van der Waals surface area (Å²) < 4.78 is 13.5. The second-order valence-corrected chi connectivity index (χ2v) is 10.4. The summed E-state index contributed by atoms with van der Waals surface area (Å²) in [5.41, 5.74) is 3.56. The second kappa shape index (κ2) is 11.4. The lowest BCUT2D eigenvalue weighted by Crippen LogP contribution is -2.47. The van der Waals surface area contributed by atoms with Gasteiger partial charge in [-0.3, -0.25) is 4.79 Å². The molecule has 37 heavy (non-hydrogen) atoms. The van der Waals surface area contributed by atoms with Crippen molar-refractivity contribution in [3.8, 4) is 22.7 Å². The van der Waals surface area contributed by atoms with E-state index in [1.807, 2.05) is 85.4 Å². The molecule has 2 aromatic carbocycles. The first-order chi connectivity index (χ1) is 18.0. The van der Waals surface area contributed by atoms with Crippen LogP contribution in [0.15, 0.2) is 70.7 Å². The Bertz CT molecular complexity index is 1290. The third-order valence-corrected chi connectivity index (χ3v) is 7.29. The van der Waals surface area contributed by atoms with Crippen LogP contribution in [0.2, 0.25) is 0 Å². The maximum atomic E-state index is 12.9. The van der Waals surface area contributed by atoms with Crippen LogP contribution in [-0.4, -0.2) is 57.7 Å². The second-order valence-electron chi connectivity index (χ2n) is 9.41. The number of ether oxygens (including phenoxy) is 2. The number of para-hydroxylation sites is 1. The normalized spacial score (nSPS) is 20.9. The van der Waals surface area contributed by atoms with Crippen LogP contribution < -0.4 is 4.74 Å². The van der Waals surface area contributed by atoms with Crippen molar-refractivity contribution in [1.29, 1.82) is 0 Å². The van der Waals surface area contributed by atoms with Gasteiger partial charge in [0.1, 0.15) is 5.75 Å². The fourth-order valence-electron chi connectivity index (χ4n) is 4.48. The van der Waals surface area contributed by atoms with Gasteiger partial charge in [0.15, 0.2) is 5.17 Å². The summed E-state index contributed by atoms with van der Waals surface area (Å²) in [6.45, 7) is 8.39. The summed E-state index contributed by atoms with van der Waals surface area (Å²) in [6.07, 6.45) is 6.19. The minimum atomic E-state index is -0.218. The zero-order chi connectivity index (χ0) is 25.8. The predicted octanol–water partition coefficient (Wildman–Crippen LogP) is 5.80. The maximum Gasteiger partial charge on any atom is 0.286 e. The van der Waals surface area contributed by atoms with Crippen LogP contribution in [0.5, 0.6) is 5.75 Å². The van der Waals surface area contributed by atoms with Crippen molar-refractivity contribution < 1.29 is 14.3 Å². The molecule has 3 aromatic rings. The first-order valence-corrected chi connectivity index (χ1v) is 13.6. The SMILES string of the molecule is CCCCOc1ccc(-c2nn(-c3ccccc3)cc2/C=C2/SC(N3C[C@H](C)O[C@@H](C)C3)=NC2=O)cc1. The van der Waals surface area contributed by atoms with Gasteiger partial charge in [0, 0.05) is 30.4 Å². The van der Waals surface area contributed by atoms with Crippen molar-refractivity contribution in [2.24, 2.45) is 4.99 Å². The molecular weight excluding hydrogens is 484 g/mol. The van der Waals surface area contributed by atoms with E-state index in [9.17, 15) is 4.79 Å². The molecule has 8 heteroatoms. The highest BCUT2D eigenvalue weighted by Gasteiger charge is 2.31. The van der Waals surface area contributed by atoms with Gasteiger partial charge in [0.2, 0.25) is 0 Å². The number of unbranched alkanes of at least 4 members (excludes halogenated alkanes) is 1. The number of amidine groups is 1. The Kier molecular flexibility index (Phi) is 7.76. The molecule has 1 aromatic heterocycles. The number of carbonyl (C=O) groups excluding carboxylic acids is 1. The van der Waals surface area contributed by atoms with Gasteiger partial charge in [-0.05, 0) is 74.5 Å². The number of aromatic nitrogens is 2. The van der Waals surface area contributed by atoms with E-state index < -0.39 is 0 Å². The van der Waals surface area contributed by atoms with Gasteiger partial charge in [-0.1, -0.05) is 31.5 Å². The van der Waals surface area contributed by atoms with Crippen LogP contribution in [0.4, 0.5) is 0 Å². The van der Waals surface area contributed by atoms with Gasteiger partial charge in [0.25, 0.3) is 5.91 Å². The lowest BCUT2D eigenvalue weighted by atomic mass is 10.1. The molecule has 2 aliphatic heterocycles. The minimum Gasteiger partial charge on any atom is -0.494 e. The standard InChI is InChI=1S/C29H32N4O3S/c1-4-5-15-35-25-13-11-22(12-14-25)27-23(19-33(31-27)24-9-7-6-8-10-24)16-26-28(34)30-29(37-26)32-17-20(2)36-21(3)18-32/h6-14,16,19-21H,4-5,15,17-18H2,1-3H3/b26-16+/t20-,21-/m0/s1. The van der Waals surface area contributed by atoms with Crippen molar-refractivity contribution in [3.05, 3.63) is 71.3 Å². The summed E-state index contributed by atoms with van der Waals surface area (Å²) in [7, 11) is 0. The van der Waals surface area contributed by atoms with Crippen molar-refractivity contribution in [1.82, 2.24) is 14.7 Å². The highest BCUT2D eigenvalue weighted by Crippen LogP contribution is 2.34. The Labute approximate surface area is 222 Å². The summed E-state index contributed by atoms with van der Waals surface area (Å²) in [6, 6.07) is 17.9. The number of carbonyl (C=O) groups is 1. The van der Waals surface area contributed by atoms with E-state index in [0.717, 1.165) is 59.4 Å². The van der Waals surface area contributed by atoms with Crippen LogP contribution in [0.1, 0.15) is 39.2 Å². The zero-order valence-corrected chi connectivity index (χ0v) is 22.3. The highest BCUT2D eigenvalue weighted by atomic mass is 32.2. The van der Waals surface area contributed by atoms with E-state index in [4.69, 9.17) is 14.6 Å². The van der Waals surface area contributed by atoms with E-state index in [-0.39, 0.29) is 18.1 Å². The Balaban J connectivity index is 1.44. The fourth-order valence-corrected chi connectivity index (χ4v) is 5.40. The molecule has 0 spiro atoms. The molecular formula is C29H32N4O3S. The summed E-state index contributed by atoms with van der Waals surface area (Å²) in [5.74, 6) is 0.623. The van der Waals surface area contributed by atoms with Crippen molar-refractivity contribution >= 4 is 28.9 Å². The molecule has 0 N–H and O–H groups in total. The van der Waals surface area contributed by atoms with E-state index in [2.05, 4.69) is 16.8 Å². The first kappa shape index (κ1) is 25.3. The fraction of sp³-hybridized carbons (Fsp3) is 0.345. The molecule has 1 amide bonds. The molecule has 0 saturated carbocycles.